The minimum absolute atomic E-state index is 0.437. The second kappa shape index (κ2) is 9.22. The molecule has 3 aromatic carbocycles. The lowest BCUT2D eigenvalue weighted by Crippen LogP contribution is -2.11. The molecule has 0 aliphatic carbocycles. The Bertz CT molecular complexity index is 2550. The molecule has 210 valence electrons. The van der Waals surface area contributed by atoms with E-state index in [1.807, 2.05) is 39.5 Å². The van der Waals surface area contributed by atoms with Crippen LogP contribution in [0.25, 0.3) is 87.5 Å². The summed E-state index contributed by atoms with van der Waals surface area (Å²) in [4.78, 5) is 29.9. The van der Waals surface area contributed by atoms with Crippen LogP contribution in [0.2, 0.25) is 0 Å². The van der Waals surface area contributed by atoms with Crippen LogP contribution in [-0.2, 0) is 0 Å². The highest BCUT2D eigenvalue weighted by Gasteiger charge is 2.22. The van der Waals surface area contributed by atoms with E-state index in [1.54, 1.807) is 29.9 Å². The number of hydrogen-bond acceptors (Lipinski definition) is 7. The summed E-state index contributed by atoms with van der Waals surface area (Å²) in [7, 11) is 0. The van der Waals surface area contributed by atoms with E-state index in [0.29, 0.717) is 17.7 Å². The second-order valence-corrected chi connectivity index (χ2v) is 11.9. The molecular formula is C36H20N8S. The summed E-state index contributed by atoms with van der Waals surface area (Å²) in [5, 5.41) is 6.47. The van der Waals surface area contributed by atoms with Crippen molar-refractivity contribution >= 4 is 75.5 Å². The van der Waals surface area contributed by atoms with E-state index >= 15 is 0 Å². The monoisotopic (exact) mass is 596 g/mol. The lowest BCUT2D eigenvalue weighted by molar-refractivity contribution is 0.880. The summed E-state index contributed by atoms with van der Waals surface area (Å²) in [6, 6.07) is 35.1. The Morgan fingerprint density at radius 1 is 0.444 bits per heavy atom. The average Bonchev–Trinajstić information content (AvgIpc) is 3.76. The van der Waals surface area contributed by atoms with Gasteiger partial charge in [-0.05, 0) is 54.6 Å². The lowest BCUT2D eigenvalue weighted by Gasteiger charge is -2.12. The zero-order valence-corrected chi connectivity index (χ0v) is 24.3. The molecule has 0 aliphatic heterocycles. The van der Waals surface area contributed by atoms with Crippen molar-refractivity contribution in [1.29, 1.82) is 0 Å². The number of hydrogen-bond donors (Lipinski definition) is 0. The van der Waals surface area contributed by atoms with Crippen molar-refractivity contribution in [2.24, 2.45) is 0 Å². The molecule has 0 atom stereocenters. The van der Waals surface area contributed by atoms with Crippen LogP contribution in [0.1, 0.15) is 0 Å². The van der Waals surface area contributed by atoms with Gasteiger partial charge < -0.3 is 0 Å². The Morgan fingerprint density at radius 2 is 1.00 bits per heavy atom. The van der Waals surface area contributed by atoms with Gasteiger partial charge in [-0.3, -0.25) is 4.57 Å². The predicted octanol–water partition coefficient (Wildman–Crippen LogP) is 8.29. The maximum atomic E-state index is 5.19. The Labute approximate surface area is 258 Å². The normalized spacial score (nSPS) is 12.0. The molecule has 0 amide bonds. The highest BCUT2D eigenvalue weighted by Crippen LogP contribution is 2.40. The molecule has 7 aromatic heterocycles. The first-order valence-corrected chi connectivity index (χ1v) is 15.4. The van der Waals surface area contributed by atoms with Gasteiger partial charge in [-0.1, -0.05) is 48.5 Å². The summed E-state index contributed by atoms with van der Waals surface area (Å²) >= 11 is 1.75. The van der Waals surface area contributed by atoms with Gasteiger partial charge in [0.15, 0.2) is 5.82 Å². The van der Waals surface area contributed by atoms with Gasteiger partial charge in [0.25, 0.3) is 0 Å². The smallest absolute Gasteiger partial charge is 0.242 e. The topological polar surface area (TPSA) is 87.2 Å². The maximum absolute atomic E-state index is 5.19. The van der Waals surface area contributed by atoms with Crippen molar-refractivity contribution in [3.05, 3.63) is 122 Å². The molecule has 10 aromatic rings. The Hall–Kier alpha value is -6.06. The summed E-state index contributed by atoms with van der Waals surface area (Å²) < 4.78 is 6.31. The van der Waals surface area contributed by atoms with Crippen LogP contribution < -0.4 is 0 Å². The van der Waals surface area contributed by atoms with E-state index in [1.165, 1.54) is 15.5 Å². The van der Waals surface area contributed by atoms with Crippen molar-refractivity contribution in [2.45, 2.75) is 0 Å². The zero-order chi connectivity index (χ0) is 29.5. The average molecular weight is 597 g/mol. The van der Waals surface area contributed by atoms with Crippen molar-refractivity contribution in [2.75, 3.05) is 0 Å². The number of para-hydroxylation sites is 1. The third-order valence-electron chi connectivity index (χ3n) is 8.38. The van der Waals surface area contributed by atoms with Crippen molar-refractivity contribution in [1.82, 2.24) is 39.0 Å². The number of thiophene rings is 1. The molecule has 10 rings (SSSR count). The number of aromatic nitrogens is 8. The molecule has 0 spiro atoms. The molecule has 0 fully saturated rings. The van der Waals surface area contributed by atoms with E-state index in [0.717, 1.165) is 54.3 Å². The van der Waals surface area contributed by atoms with Crippen molar-refractivity contribution < 1.29 is 0 Å². The van der Waals surface area contributed by atoms with Crippen LogP contribution in [0.15, 0.2) is 122 Å². The number of pyridine rings is 3. The lowest BCUT2D eigenvalue weighted by atomic mass is 10.1. The SMILES string of the molecule is c1ccc2c(c1)sc1c(-c3nc(-n4c5ccccc5c5cccnc54)nc(-n4c5ncccc5c5cccnc54)n3)cccc12. The fourth-order valence-electron chi connectivity index (χ4n) is 6.46. The van der Waals surface area contributed by atoms with Crippen molar-refractivity contribution in [3.8, 4) is 23.3 Å². The summed E-state index contributed by atoms with van der Waals surface area (Å²) in [5.41, 5.74) is 4.15. The van der Waals surface area contributed by atoms with Crippen LogP contribution in [0.3, 0.4) is 0 Å². The zero-order valence-electron chi connectivity index (χ0n) is 23.5. The van der Waals surface area contributed by atoms with Gasteiger partial charge in [-0.25, -0.2) is 19.5 Å². The fourth-order valence-corrected chi connectivity index (χ4v) is 7.67. The number of nitrogens with zero attached hydrogens (tertiary/aromatic N) is 8. The van der Waals surface area contributed by atoms with Gasteiger partial charge in [-0.2, -0.15) is 15.0 Å². The summed E-state index contributed by atoms with van der Waals surface area (Å²) in [6.45, 7) is 0. The first-order valence-electron chi connectivity index (χ1n) is 14.6. The molecule has 0 bridgehead atoms. The first-order chi connectivity index (χ1) is 22.3. The first kappa shape index (κ1) is 24.4. The molecule has 8 nitrogen and oxygen atoms in total. The van der Waals surface area contributed by atoms with Gasteiger partial charge in [-0.15, -0.1) is 11.3 Å². The minimum atomic E-state index is 0.437. The predicted molar refractivity (Wildman–Crippen MR) is 180 cm³/mol. The highest BCUT2D eigenvalue weighted by atomic mass is 32.1. The molecule has 0 saturated heterocycles. The standard InChI is InChI=1S/C36H20N8S/c1-3-16-28-21(9-1)24-13-6-18-37-32(24)43(28)35-40-31(27-12-5-11-23-22-10-2-4-17-29(22)45-30(23)27)41-36(42-35)44-33-25(14-7-19-38-33)26-15-8-20-39-34(26)44/h1-20H. The highest BCUT2D eigenvalue weighted by molar-refractivity contribution is 7.26. The molecule has 0 saturated carbocycles. The molecule has 0 radical (unpaired) electrons. The largest absolute Gasteiger partial charge is 0.262 e. The van der Waals surface area contributed by atoms with E-state index < -0.39 is 0 Å². The van der Waals surface area contributed by atoms with Crippen molar-refractivity contribution in [3.63, 3.8) is 0 Å². The second-order valence-electron chi connectivity index (χ2n) is 10.9. The molecule has 0 aliphatic rings. The fraction of sp³-hybridized carbons (Fsp3) is 0. The van der Waals surface area contributed by atoms with Crippen LogP contribution in [0, 0.1) is 0 Å². The molecule has 7 heterocycles. The van der Waals surface area contributed by atoms with Gasteiger partial charge in [0, 0.05) is 65.9 Å². The van der Waals surface area contributed by atoms with Gasteiger partial charge in [0.1, 0.15) is 16.9 Å². The van der Waals surface area contributed by atoms with Crippen LogP contribution in [0.4, 0.5) is 0 Å². The van der Waals surface area contributed by atoms with Crippen LogP contribution in [-0.4, -0.2) is 39.0 Å². The van der Waals surface area contributed by atoms with E-state index in [4.69, 9.17) is 29.9 Å². The van der Waals surface area contributed by atoms with E-state index in [2.05, 4.69) is 72.8 Å². The van der Waals surface area contributed by atoms with E-state index in [9.17, 15) is 0 Å². The van der Waals surface area contributed by atoms with Crippen LogP contribution in [0.5, 0.6) is 0 Å². The van der Waals surface area contributed by atoms with Gasteiger partial charge >= 0.3 is 0 Å². The Kier molecular flexibility index (Phi) is 5.00. The van der Waals surface area contributed by atoms with E-state index in [-0.39, 0.29) is 0 Å². The maximum Gasteiger partial charge on any atom is 0.242 e. The number of fused-ring (bicyclic) bond motifs is 9. The third-order valence-corrected chi connectivity index (χ3v) is 9.60. The quantitative estimate of drug-likeness (QED) is 0.204. The minimum Gasteiger partial charge on any atom is -0.262 e. The Balaban J connectivity index is 1.35. The van der Waals surface area contributed by atoms with Gasteiger partial charge in [0.2, 0.25) is 11.9 Å². The molecule has 45 heavy (non-hydrogen) atoms. The van der Waals surface area contributed by atoms with Crippen LogP contribution >= 0.6 is 11.3 Å². The molecule has 0 unspecified atom stereocenters. The third kappa shape index (κ3) is 3.46. The molecule has 9 heteroatoms. The Morgan fingerprint density at radius 3 is 1.73 bits per heavy atom. The molecule has 0 N–H and O–H groups in total. The molecular weight excluding hydrogens is 577 g/mol. The number of benzene rings is 3. The van der Waals surface area contributed by atoms with Gasteiger partial charge in [0.05, 0.1) is 5.52 Å². The summed E-state index contributed by atoms with van der Waals surface area (Å²) in [6.07, 6.45) is 5.38. The summed E-state index contributed by atoms with van der Waals surface area (Å²) in [5.74, 6) is 1.48. The number of rotatable bonds is 3.